The van der Waals surface area contributed by atoms with E-state index in [4.69, 9.17) is 4.74 Å². The molecule has 1 saturated carbocycles. The molecule has 3 aliphatic rings. The number of rotatable bonds is 6. The maximum atomic E-state index is 13.5. The standard InChI is InChI=1S/C23H29F2N5O4/c1-12-15-7-26-22(27-16-3-4-34-9-17(16)32)28-20(15)30(21(33)19(12)13(2)31)14-5-23(6-14)10-29(11-23)8-18(24)25/h7,14,16-18,32H,3-6,8-11H2,1-2H3,(H,26,27,28)/t16-,17+/m1/s1. The molecule has 11 heteroatoms. The number of carbonyl (C=O) groups is 1. The molecule has 2 N–H and O–H groups in total. The lowest BCUT2D eigenvalue weighted by Crippen LogP contribution is -2.63. The second-order valence-corrected chi connectivity index (χ2v) is 9.97. The Bertz CT molecular complexity index is 1170. The zero-order valence-electron chi connectivity index (χ0n) is 19.3. The fraction of sp³-hybridized carbons (Fsp3) is 0.652. The summed E-state index contributed by atoms with van der Waals surface area (Å²) in [5, 5.41) is 14.0. The summed E-state index contributed by atoms with van der Waals surface area (Å²) in [6, 6.07) is -0.439. The Kier molecular flexibility index (Phi) is 5.89. The van der Waals surface area contributed by atoms with E-state index in [0.717, 1.165) is 0 Å². The molecule has 3 fully saturated rings. The summed E-state index contributed by atoms with van der Waals surface area (Å²) in [5.41, 5.74) is 0.673. The van der Waals surface area contributed by atoms with Crippen LogP contribution < -0.4 is 10.9 Å². The highest BCUT2D eigenvalue weighted by Crippen LogP contribution is 2.54. The number of aryl methyl sites for hydroxylation is 1. The van der Waals surface area contributed by atoms with Crippen LogP contribution in [0.3, 0.4) is 0 Å². The van der Waals surface area contributed by atoms with Crippen LogP contribution in [0.4, 0.5) is 14.7 Å². The Hall–Kier alpha value is -2.50. The molecule has 0 amide bonds. The third-order valence-corrected chi connectivity index (χ3v) is 7.42. The maximum Gasteiger partial charge on any atom is 0.263 e. The monoisotopic (exact) mass is 477 g/mol. The van der Waals surface area contributed by atoms with Crippen LogP contribution >= 0.6 is 0 Å². The fourth-order valence-corrected chi connectivity index (χ4v) is 5.82. The smallest absolute Gasteiger partial charge is 0.263 e. The van der Waals surface area contributed by atoms with Crippen LogP contribution in [0.25, 0.3) is 11.0 Å². The van der Waals surface area contributed by atoms with Gasteiger partial charge in [-0.25, -0.2) is 13.8 Å². The summed E-state index contributed by atoms with van der Waals surface area (Å²) in [5.74, 6) is -0.0196. The summed E-state index contributed by atoms with van der Waals surface area (Å²) in [4.78, 5) is 36.6. The van der Waals surface area contributed by atoms with Crippen LogP contribution in [-0.4, -0.2) is 81.7 Å². The second kappa shape index (κ2) is 8.62. The Morgan fingerprint density at radius 2 is 2.12 bits per heavy atom. The highest BCUT2D eigenvalue weighted by Gasteiger charge is 2.53. The summed E-state index contributed by atoms with van der Waals surface area (Å²) in [6.45, 7) is 4.80. The highest BCUT2D eigenvalue weighted by molar-refractivity contribution is 5.99. The van der Waals surface area contributed by atoms with E-state index in [1.807, 2.05) is 0 Å². The van der Waals surface area contributed by atoms with Crippen molar-refractivity contribution in [2.45, 2.75) is 57.7 Å². The second-order valence-electron chi connectivity index (χ2n) is 9.97. The number of ketones is 1. The molecule has 2 aromatic rings. The van der Waals surface area contributed by atoms with Crippen molar-refractivity contribution < 1.29 is 23.4 Å². The van der Waals surface area contributed by atoms with Gasteiger partial charge in [-0.2, -0.15) is 4.98 Å². The van der Waals surface area contributed by atoms with Gasteiger partial charge in [0.2, 0.25) is 5.95 Å². The molecule has 184 valence electrons. The summed E-state index contributed by atoms with van der Waals surface area (Å²) < 4.78 is 32.2. The largest absolute Gasteiger partial charge is 0.389 e. The predicted octanol–water partition coefficient (Wildman–Crippen LogP) is 1.77. The van der Waals surface area contributed by atoms with E-state index >= 15 is 0 Å². The lowest BCUT2D eigenvalue weighted by atomic mass is 9.60. The molecule has 0 aromatic carbocycles. The maximum absolute atomic E-state index is 13.5. The topological polar surface area (TPSA) is 110 Å². The molecule has 9 nitrogen and oxygen atoms in total. The predicted molar refractivity (Wildman–Crippen MR) is 121 cm³/mol. The SMILES string of the molecule is CC(=O)c1c(C)c2cnc(N[C@@H]3CCOC[C@@H]3O)nc2n(C2CC3(C2)CN(CC(F)F)C3)c1=O. The van der Waals surface area contributed by atoms with Gasteiger partial charge in [0.1, 0.15) is 5.65 Å². The Labute approximate surface area is 195 Å². The molecule has 2 saturated heterocycles. The summed E-state index contributed by atoms with van der Waals surface area (Å²) in [6.07, 6.45) is 0.500. The zero-order chi connectivity index (χ0) is 24.2. The molecule has 0 unspecified atom stereocenters. The third-order valence-electron chi connectivity index (χ3n) is 7.42. The first-order valence-electron chi connectivity index (χ1n) is 11.6. The van der Waals surface area contributed by atoms with Crippen LogP contribution in [-0.2, 0) is 4.74 Å². The first kappa shape index (κ1) is 23.3. The molecule has 34 heavy (non-hydrogen) atoms. The van der Waals surface area contributed by atoms with Crippen molar-refractivity contribution >= 4 is 22.8 Å². The van der Waals surface area contributed by atoms with E-state index in [2.05, 4.69) is 15.3 Å². The Balaban J connectivity index is 1.48. The molecule has 2 atom stereocenters. The van der Waals surface area contributed by atoms with Gasteiger partial charge in [-0.3, -0.25) is 19.1 Å². The number of aliphatic hydroxyl groups excluding tert-OH is 1. The minimum absolute atomic E-state index is 0.0626. The fourth-order valence-electron chi connectivity index (χ4n) is 5.82. The van der Waals surface area contributed by atoms with E-state index in [-0.39, 0.29) is 47.6 Å². The zero-order valence-corrected chi connectivity index (χ0v) is 19.3. The van der Waals surface area contributed by atoms with Gasteiger partial charge in [0, 0.05) is 37.3 Å². The van der Waals surface area contributed by atoms with E-state index in [0.29, 0.717) is 61.5 Å². The number of likely N-dealkylation sites (tertiary alicyclic amines) is 1. The first-order chi connectivity index (χ1) is 16.2. The molecule has 1 spiro atoms. The minimum atomic E-state index is -2.35. The van der Waals surface area contributed by atoms with Gasteiger partial charge < -0.3 is 15.2 Å². The van der Waals surface area contributed by atoms with Crippen molar-refractivity contribution in [3.05, 3.63) is 27.7 Å². The van der Waals surface area contributed by atoms with Gasteiger partial charge in [-0.1, -0.05) is 0 Å². The van der Waals surface area contributed by atoms with Crippen LogP contribution in [0, 0.1) is 12.3 Å². The van der Waals surface area contributed by atoms with Crippen LogP contribution in [0.1, 0.15) is 48.1 Å². The molecule has 2 aliphatic heterocycles. The number of pyridine rings is 1. The molecular formula is C23H29F2N5O4. The normalized spacial score (nSPS) is 24.9. The van der Waals surface area contributed by atoms with Crippen molar-refractivity contribution in [1.82, 2.24) is 19.4 Å². The van der Waals surface area contributed by atoms with Gasteiger partial charge in [-0.15, -0.1) is 0 Å². The van der Waals surface area contributed by atoms with Gasteiger partial charge in [0.05, 0.1) is 30.9 Å². The number of aromatic nitrogens is 3. The van der Waals surface area contributed by atoms with Gasteiger partial charge in [0.15, 0.2) is 5.78 Å². The number of Topliss-reactive ketones (excluding diaryl/α,β-unsaturated/α-hetero) is 1. The summed E-state index contributed by atoms with van der Waals surface area (Å²) in [7, 11) is 0. The number of fused-ring (bicyclic) bond motifs is 1. The molecule has 4 heterocycles. The number of carbonyl (C=O) groups excluding carboxylic acids is 1. The van der Waals surface area contributed by atoms with Crippen molar-refractivity contribution in [2.24, 2.45) is 5.41 Å². The van der Waals surface area contributed by atoms with E-state index in [1.54, 1.807) is 22.6 Å². The van der Waals surface area contributed by atoms with Crippen molar-refractivity contribution in [1.29, 1.82) is 0 Å². The first-order valence-corrected chi connectivity index (χ1v) is 11.6. The number of hydrogen-bond acceptors (Lipinski definition) is 8. The average Bonchev–Trinajstić information content (AvgIpc) is 2.71. The summed E-state index contributed by atoms with van der Waals surface area (Å²) >= 11 is 0. The van der Waals surface area contributed by atoms with Crippen molar-refractivity contribution in [2.75, 3.05) is 38.2 Å². The van der Waals surface area contributed by atoms with Gasteiger partial charge in [-0.05, 0) is 44.1 Å². The van der Waals surface area contributed by atoms with Gasteiger partial charge in [0.25, 0.3) is 12.0 Å². The lowest BCUT2D eigenvalue weighted by Gasteiger charge is -2.59. The van der Waals surface area contributed by atoms with E-state index in [9.17, 15) is 23.5 Å². The van der Waals surface area contributed by atoms with Crippen LogP contribution in [0.5, 0.6) is 0 Å². The molecule has 5 rings (SSSR count). The third kappa shape index (κ3) is 3.99. The van der Waals surface area contributed by atoms with E-state index < -0.39 is 12.5 Å². The average molecular weight is 478 g/mol. The molecule has 0 radical (unpaired) electrons. The number of nitrogens with one attached hydrogen (secondary N) is 1. The van der Waals surface area contributed by atoms with Crippen LogP contribution in [0.2, 0.25) is 0 Å². The lowest BCUT2D eigenvalue weighted by molar-refractivity contribution is -0.104. The Morgan fingerprint density at radius 1 is 1.38 bits per heavy atom. The van der Waals surface area contributed by atoms with Crippen LogP contribution in [0.15, 0.2) is 11.0 Å². The number of anilines is 1. The number of halogens is 2. The molecular weight excluding hydrogens is 448 g/mol. The number of aliphatic hydroxyl groups is 1. The van der Waals surface area contributed by atoms with E-state index in [1.165, 1.54) is 6.92 Å². The van der Waals surface area contributed by atoms with Crippen molar-refractivity contribution in [3.8, 4) is 0 Å². The highest BCUT2D eigenvalue weighted by atomic mass is 19.3. The number of nitrogens with zero attached hydrogens (tertiary/aromatic N) is 4. The molecule has 0 bridgehead atoms. The molecule has 2 aromatic heterocycles. The minimum Gasteiger partial charge on any atom is -0.389 e. The number of ether oxygens (including phenoxy) is 1. The van der Waals surface area contributed by atoms with Crippen molar-refractivity contribution in [3.63, 3.8) is 0 Å². The van der Waals surface area contributed by atoms with Gasteiger partial charge >= 0.3 is 0 Å². The Morgan fingerprint density at radius 3 is 2.76 bits per heavy atom. The quantitative estimate of drug-likeness (QED) is 0.606. The number of alkyl halides is 2. The number of hydrogen-bond donors (Lipinski definition) is 2. The molecule has 1 aliphatic carbocycles.